The molecule has 0 bridgehead atoms. The van der Waals surface area contributed by atoms with Gasteiger partial charge in [0.25, 0.3) is 11.8 Å². The quantitative estimate of drug-likeness (QED) is 0.565. The van der Waals surface area contributed by atoms with Gasteiger partial charge in [0.2, 0.25) is 10.0 Å². The largest absolute Gasteiger partial charge is 0.336 e. The first-order valence-electron chi connectivity index (χ1n) is 11.0. The Hall–Kier alpha value is -3.82. The zero-order valence-electron chi connectivity index (χ0n) is 18.8. The molecular formula is C26H24FN3O4S. The van der Waals surface area contributed by atoms with E-state index in [0.717, 1.165) is 5.56 Å². The van der Waals surface area contributed by atoms with Crippen molar-refractivity contribution in [3.05, 3.63) is 107 Å². The number of hydrogen-bond donors (Lipinski definition) is 1. The summed E-state index contributed by atoms with van der Waals surface area (Å²) in [5, 5.41) is 3.89. The van der Waals surface area contributed by atoms with Crippen LogP contribution in [0.2, 0.25) is 0 Å². The Labute approximate surface area is 203 Å². The van der Waals surface area contributed by atoms with Crippen LogP contribution in [0.3, 0.4) is 0 Å². The molecule has 0 aromatic heterocycles. The summed E-state index contributed by atoms with van der Waals surface area (Å²) in [7, 11) is -3.60. The van der Waals surface area contributed by atoms with Gasteiger partial charge in [-0.3, -0.25) is 9.59 Å². The summed E-state index contributed by atoms with van der Waals surface area (Å²) < 4.78 is 39.8. The predicted octanol–water partition coefficient (Wildman–Crippen LogP) is 3.84. The number of carbonyl (C=O) groups is 2. The Morgan fingerprint density at radius 3 is 2.20 bits per heavy atom. The second kappa shape index (κ2) is 10.6. The summed E-state index contributed by atoms with van der Waals surface area (Å²) in [4.78, 5) is 27.0. The number of benzene rings is 3. The number of hydrogen-bond acceptors (Lipinski definition) is 4. The average Bonchev–Trinajstić information content (AvgIpc) is 2.88. The van der Waals surface area contributed by atoms with Crippen LogP contribution in [-0.4, -0.2) is 55.6 Å². The molecule has 1 heterocycles. The zero-order chi connectivity index (χ0) is 24.8. The fourth-order valence-electron chi connectivity index (χ4n) is 3.68. The summed E-state index contributed by atoms with van der Waals surface area (Å²) in [5.74, 6) is -1.11. The minimum Gasteiger partial charge on any atom is -0.336 e. The fourth-order valence-corrected chi connectivity index (χ4v) is 4.85. The SMILES string of the molecule is O=C(Nc1cccc(C(=O)N2CCN(S(=O)(=O)/C=C/c3ccccc3)CC2)c1)c1ccc(F)cc1. The van der Waals surface area contributed by atoms with E-state index in [9.17, 15) is 22.4 Å². The molecule has 1 N–H and O–H groups in total. The summed E-state index contributed by atoms with van der Waals surface area (Å²) in [6.45, 7) is 0.884. The summed E-state index contributed by atoms with van der Waals surface area (Å²) in [5.41, 5.74) is 1.89. The van der Waals surface area contributed by atoms with Crippen molar-refractivity contribution in [3.63, 3.8) is 0 Å². The van der Waals surface area contributed by atoms with Crippen LogP contribution < -0.4 is 5.32 Å². The number of nitrogens with one attached hydrogen (secondary N) is 1. The van der Waals surface area contributed by atoms with Crippen LogP contribution in [0.1, 0.15) is 26.3 Å². The second-order valence-corrected chi connectivity index (χ2v) is 9.81. The van der Waals surface area contributed by atoms with Gasteiger partial charge >= 0.3 is 0 Å². The standard InChI is InChI=1S/C26H24FN3O4S/c27-23-11-9-21(10-12-23)25(31)28-24-8-4-7-22(19-24)26(32)29-14-16-30(17-15-29)35(33,34)18-13-20-5-2-1-3-6-20/h1-13,18-19H,14-17H2,(H,28,31)/b18-13+. The van der Waals surface area contributed by atoms with Crippen molar-refractivity contribution in [1.29, 1.82) is 0 Å². The molecule has 1 aliphatic rings. The lowest BCUT2D eigenvalue weighted by Crippen LogP contribution is -2.50. The molecule has 0 aliphatic carbocycles. The molecule has 4 rings (SSSR count). The van der Waals surface area contributed by atoms with Gasteiger partial charge in [0, 0.05) is 48.4 Å². The lowest BCUT2D eigenvalue weighted by molar-refractivity contribution is 0.0698. The second-order valence-electron chi connectivity index (χ2n) is 7.99. The number of sulfonamides is 1. The van der Waals surface area contributed by atoms with Crippen LogP contribution in [0.4, 0.5) is 10.1 Å². The molecule has 1 aliphatic heterocycles. The number of rotatable bonds is 6. The van der Waals surface area contributed by atoms with Gasteiger partial charge < -0.3 is 10.2 Å². The van der Waals surface area contributed by atoms with Crippen molar-refractivity contribution < 1.29 is 22.4 Å². The molecule has 1 saturated heterocycles. The van der Waals surface area contributed by atoms with Crippen LogP contribution in [0, 0.1) is 5.82 Å². The van der Waals surface area contributed by atoms with Crippen LogP contribution in [0.15, 0.2) is 84.3 Å². The third-order valence-electron chi connectivity index (χ3n) is 5.59. The van der Waals surface area contributed by atoms with Crippen molar-refractivity contribution in [2.45, 2.75) is 0 Å². The van der Waals surface area contributed by atoms with E-state index in [1.807, 2.05) is 30.3 Å². The number of halogens is 1. The Bertz CT molecular complexity index is 1330. The van der Waals surface area contributed by atoms with E-state index < -0.39 is 21.7 Å². The maximum absolute atomic E-state index is 13.1. The summed E-state index contributed by atoms with van der Waals surface area (Å²) in [6, 6.07) is 20.8. The van der Waals surface area contributed by atoms with E-state index in [1.165, 1.54) is 34.0 Å². The van der Waals surface area contributed by atoms with Gasteiger partial charge in [0.15, 0.2) is 0 Å². The minimum absolute atomic E-state index is 0.189. The lowest BCUT2D eigenvalue weighted by Gasteiger charge is -2.33. The third-order valence-corrected chi connectivity index (χ3v) is 7.16. The van der Waals surface area contributed by atoms with Crippen LogP contribution in [-0.2, 0) is 10.0 Å². The van der Waals surface area contributed by atoms with Crippen molar-refractivity contribution in [1.82, 2.24) is 9.21 Å². The summed E-state index contributed by atoms with van der Waals surface area (Å²) in [6.07, 6.45) is 1.55. The van der Waals surface area contributed by atoms with Crippen molar-refractivity contribution >= 4 is 33.6 Å². The van der Waals surface area contributed by atoms with Gasteiger partial charge in [-0.05, 0) is 54.1 Å². The van der Waals surface area contributed by atoms with Crippen LogP contribution >= 0.6 is 0 Å². The molecule has 0 spiro atoms. The van der Waals surface area contributed by atoms with E-state index in [0.29, 0.717) is 16.8 Å². The highest BCUT2D eigenvalue weighted by atomic mass is 32.2. The number of carbonyl (C=O) groups excluding carboxylic acids is 2. The third kappa shape index (κ3) is 6.20. The minimum atomic E-state index is -3.60. The van der Waals surface area contributed by atoms with Gasteiger partial charge in [-0.15, -0.1) is 0 Å². The molecule has 3 aromatic rings. The highest BCUT2D eigenvalue weighted by molar-refractivity contribution is 7.92. The molecule has 9 heteroatoms. The smallest absolute Gasteiger partial charge is 0.255 e. The molecule has 180 valence electrons. The van der Waals surface area contributed by atoms with E-state index in [4.69, 9.17) is 0 Å². The number of amides is 2. The van der Waals surface area contributed by atoms with Gasteiger partial charge in [-0.1, -0.05) is 36.4 Å². The van der Waals surface area contributed by atoms with Gasteiger partial charge in [-0.25, -0.2) is 12.8 Å². The van der Waals surface area contributed by atoms with E-state index >= 15 is 0 Å². The van der Waals surface area contributed by atoms with Crippen molar-refractivity contribution in [3.8, 4) is 0 Å². The molecule has 0 radical (unpaired) electrons. The molecule has 0 atom stereocenters. The van der Waals surface area contributed by atoms with Crippen LogP contribution in [0.25, 0.3) is 6.08 Å². The van der Waals surface area contributed by atoms with Crippen molar-refractivity contribution in [2.24, 2.45) is 0 Å². The Morgan fingerprint density at radius 1 is 0.829 bits per heavy atom. The maximum Gasteiger partial charge on any atom is 0.255 e. The topological polar surface area (TPSA) is 86.8 Å². The molecule has 0 unspecified atom stereocenters. The monoisotopic (exact) mass is 493 g/mol. The Balaban J connectivity index is 1.36. The van der Waals surface area contributed by atoms with E-state index in [1.54, 1.807) is 35.2 Å². The molecule has 1 fully saturated rings. The highest BCUT2D eigenvalue weighted by Gasteiger charge is 2.28. The van der Waals surface area contributed by atoms with Crippen molar-refractivity contribution in [2.75, 3.05) is 31.5 Å². The van der Waals surface area contributed by atoms with Gasteiger partial charge in [0.1, 0.15) is 5.82 Å². The number of nitrogens with zero attached hydrogens (tertiary/aromatic N) is 2. The molecule has 7 nitrogen and oxygen atoms in total. The zero-order valence-corrected chi connectivity index (χ0v) is 19.6. The molecule has 3 aromatic carbocycles. The first kappa shape index (κ1) is 24.3. The molecular weight excluding hydrogens is 469 g/mol. The van der Waals surface area contributed by atoms with Gasteiger partial charge in [0.05, 0.1) is 0 Å². The number of piperazine rings is 1. The predicted molar refractivity (Wildman–Crippen MR) is 133 cm³/mol. The fraction of sp³-hybridized carbons (Fsp3) is 0.154. The molecule has 0 saturated carbocycles. The Kier molecular flexibility index (Phi) is 7.38. The Morgan fingerprint density at radius 2 is 1.51 bits per heavy atom. The van der Waals surface area contributed by atoms with Gasteiger partial charge in [-0.2, -0.15) is 4.31 Å². The van der Waals surface area contributed by atoms with E-state index in [2.05, 4.69) is 5.32 Å². The normalized spacial score (nSPS) is 14.7. The average molecular weight is 494 g/mol. The maximum atomic E-state index is 13.1. The summed E-state index contributed by atoms with van der Waals surface area (Å²) >= 11 is 0. The van der Waals surface area contributed by atoms with Crippen LogP contribution in [0.5, 0.6) is 0 Å². The first-order valence-corrected chi connectivity index (χ1v) is 12.5. The molecule has 35 heavy (non-hydrogen) atoms. The molecule has 2 amide bonds. The lowest BCUT2D eigenvalue weighted by atomic mass is 10.1. The first-order chi connectivity index (χ1) is 16.8. The highest BCUT2D eigenvalue weighted by Crippen LogP contribution is 2.17. The number of anilines is 1. The van der Waals surface area contributed by atoms with E-state index in [-0.39, 0.29) is 32.1 Å².